The summed E-state index contributed by atoms with van der Waals surface area (Å²) in [6, 6.07) is -0.247. The van der Waals surface area contributed by atoms with E-state index in [-0.39, 0.29) is 17.4 Å². The van der Waals surface area contributed by atoms with E-state index in [4.69, 9.17) is 5.73 Å². The maximum Gasteiger partial charge on any atom is 0.240 e. The predicted molar refractivity (Wildman–Crippen MR) is 83.5 cm³/mol. The third-order valence-electron chi connectivity index (χ3n) is 6.89. The molecule has 0 aromatic rings. The highest BCUT2D eigenvalue weighted by Crippen LogP contribution is 2.54. The van der Waals surface area contributed by atoms with E-state index in [0.29, 0.717) is 0 Å². The Morgan fingerprint density at radius 1 is 1.05 bits per heavy atom. The molecule has 2 N–H and O–H groups in total. The van der Waals surface area contributed by atoms with E-state index >= 15 is 0 Å². The molecule has 4 aliphatic rings. The summed E-state index contributed by atoms with van der Waals surface area (Å²) in [5.74, 6) is 4.17. The van der Waals surface area contributed by atoms with Crippen LogP contribution in [0.1, 0.15) is 52.4 Å². The van der Waals surface area contributed by atoms with Crippen molar-refractivity contribution in [3.63, 3.8) is 0 Å². The second kappa shape index (κ2) is 4.71. The van der Waals surface area contributed by atoms with Gasteiger partial charge in [0.25, 0.3) is 0 Å². The Bertz CT molecular complexity index is 419. The smallest absolute Gasteiger partial charge is 0.240 e. The highest BCUT2D eigenvalue weighted by molar-refractivity contribution is 5.83. The van der Waals surface area contributed by atoms with Crippen LogP contribution in [0, 0.1) is 35.0 Å². The van der Waals surface area contributed by atoms with Crippen molar-refractivity contribution in [2.24, 2.45) is 40.7 Å². The Hall–Kier alpha value is -0.570. The Kier molecular flexibility index (Phi) is 3.15. The number of fused-ring (bicyclic) bond motifs is 3. The first-order valence-electron chi connectivity index (χ1n) is 9.01. The number of rotatable bonds is 2. The topological polar surface area (TPSA) is 46.3 Å². The number of likely N-dealkylation sites (tertiary alicyclic amines) is 1. The molecular weight excluding hydrogens is 260 g/mol. The van der Waals surface area contributed by atoms with Crippen LogP contribution in [-0.2, 0) is 4.79 Å². The SMILES string of the molecule is CC1CC2CC(C)CC(C(N)C(=O)N3CC4CC4C3)(C1)C2. The van der Waals surface area contributed by atoms with Crippen molar-refractivity contribution in [3.05, 3.63) is 0 Å². The molecule has 1 heterocycles. The third kappa shape index (κ3) is 2.32. The molecule has 3 heteroatoms. The molecule has 0 aromatic heterocycles. The van der Waals surface area contributed by atoms with E-state index in [1.807, 2.05) is 0 Å². The van der Waals surface area contributed by atoms with Gasteiger partial charge < -0.3 is 10.6 Å². The van der Waals surface area contributed by atoms with Crippen LogP contribution in [0.15, 0.2) is 0 Å². The number of carbonyl (C=O) groups is 1. The molecule has 5 atom stereocenters. The van der Waals surface area contributed by atoms with Crippen LogP contribution >= 0.6 is 0 Å². The molecule has 0 spiro atoms. The van der Waals surface area contributed by atoms with E-state index in [0.717, 1.165) is 42.7 Å². The number of piperidine rings is 1. The van der Waals surface area contributed by atoms with E-state index in [1.165, 1.54) is 38.5 Å². The fourth-order valence-corrected chi connectivity index (χ4v) is 6.20. The molecule has 118 valence electrons. The first kappa shape index (κ1) is 14.0. The minimum atomic E-state index is -0.247. The number of hydrogen-bond donors (Lipinski definition) is 1. The fraction of sp³-hybridized carbons (Fsp3) is 0.944. The van der Waals surface area contributed by atoms with Crippen molar-refractivity contribution < 1.29 is 4.79 Å². The van der Waals surface area contributed by atoms with Gasteiger partial charge in [-0.1, -0.05) is 13.8 Å². The minimum Gasteiger partial charge on any atom is -0.341 e. The molecule has 4 rings (SSSR count). The summed E-state index contributed by atoms with van der Waals surface area (Å²) in [7, 11) is 0. The lowest BCUT2D eigenvalue weighted by atomic mass is 9.54. The van der Waals surface area contributed by atoms with Gasteiger partial charge in [0.1, 0.15) is 0 Å². The van der Waals surface area contributed by atoms with Crippen LogP contribution in [0.25, 0.3) is 0 Å². The van der Waals surface area contributed by atoms with Gasteiger partial charge in [0.2, 0.25) is 5.91 Å². The molecule has 0 aromatic carbocycles. The van der Waals surface area contributed by atoms with Gasteiger partial charge in [0.05, 0.1) is 6.04 Å². The molecule has 3 aliphatic carbocycles. The van der Waals surface area contributed by atoms with Crippen molar-refractivity contribution in [1.82, 2.24) is 4.90 Å². The van der Waals surface area contributed by atoms with Crippen molar-refractivity contribution in [2.45, 2.75) is 58.4 Å². The maximum absolute atomic E-state index is 12.9. The van der Waals surface area contributed by atoms with Crippen LogP contribution in [0.5, 0.6) is 0 Å². The molecule has 21 heavy (non-hydrogen) atoms. The first-order chi connectivity index (χ1) is 9.97. The van der Waals surface area contributed by atoms with E-state index in [1.54, 1.807) is 0 Å². The molecule has 5 unspecified atom stereocenters. The second-order valence-corrected chi connectivity index (χ2v) is 9.00. The lowest BCUT2D eigenvalue weighted by Crippen LogP contribution is -2.57. The minimum absolute atomic E-state index is 0.101. The lowest BCUT2D eigenvalue weighted by Gasteiger charge is -2.52. The zero-order valence-electron chi connectivity index (χ0n) is 13.6. The number of amides is 1. The van der Waals surface area contributed by atoms with Gasteiger partial charge in [-0.2, -0.15) is 0 Å². The van der Waals surface area contributed by atoms with Gasteiger partial charge in [-0.05, 0) is 73.5 Å². The van der Waals surface area contributed by atoms with Gasteiger partial charge in [-0.25, -0.2) is 0 Å². The molecule has 0 radical (unpaired) electrons. The molecule has 1 amide bonds. The summed E-state index contributed by atoms with van der Waals surface area (Å²) >= 11 is 0. The van der Waals surface area contributed by atoms with Crippen molar-refractivity contribution >= 4 is 5.91 Å². The molecule has 2 bridgehead atoms. The van der Waals surface area contributed by atoms with Crippen LogP contribution in [0.3, 0.4) is 0 Å². The third-order valence-corrected chi connectivity index (χ3v) is 6.89. The Labute approximate surface area is 128 Å². The summed E-state index contributed by atoms with van der Waals surface area (Å²) in [5, 5.41) is 0. The average molecular weight is 290 g/mol. The van der Waals surface area contributed by atoms with E-state index in [2.05, 4.69) is 18.7 Å². The van der Waals surface area contributed by atoms with Crippen LogP contribution in [0.4, 0.5) is 0 Å². The largest absolute Gasteiger partial charge is 0.341 e. The molecule has 4 fully saturated rings. The number of hydrogen-bond acceptors (Lipinski definition) is 2. The predicted octanol–water partition coefficient (Wildman–Crippen LogP) is 2.64. The molecule has 3 saturated carbocycles. The number of carbonyl (C=O) groups excluding carboxylic acids is 1. The van der Waals surface area contributed by atoms with E-state index < -0.39 is 0 Å². The van der Waals surface area contributed by atoms with Gasteiger partial charge in [-0.15, -0.1) is 0 Å². The number of nitrogens with zero attached hydrogens (tertiary/aromatic N) is 1. The van der Waals surface area contributed by atoms with Crippen molar-refractivity contribution in [2.75, 3.05) is 13.1 Å². The normalized spacial score (nSPS) is 49.7. The highest BCUT2D eigenvalue weighted by atomic mass is 16.2. The Morgan fingerprint density at radius 3 is 2.19 bits per heavy atom. The maximum atomic E-state index is 12.9. The molecule has 1 saturated heterocycles. The quantitative estimate of drug-likeness (QED) is 0.850. The Morgan fingerprint density at radius 2 is 1.62 bits per heavy atom. The van der Waals surface area contributed by atoms with Gasteiger partial charge in [0, 0.05) is 13.1 Å². The molecular formula is C18H30N2O. The van der Waals surface area contributed by atoms with Crippen molar-refractivity contribution in [3.8, 4) is 0 Å². The molecule has 1 aliphatic heterocycles. The van der Waals surface area contributed by atoms with Crippen LogP contribution in [0.2, 0.25) is 0 Å². The van der Waals surface area contributed by atoms with Crippen LogP contribution in [-0.4, -0.2) is 29.9 Å². The monoisotopic (exact) mass is 290 g/mol. The van der Waals surface area contributed by atoms with E-state index in [9.17, 15) is 4.79 Å². The second-order valence-electron chi connectivity index (χ2n) is 9.00. The van der Waals surface area contributed by atoms with Gasteiger partial charge >= 0.3 is 0 Å². The first-order valence-corrected chi connectivity index (χ1v) is 9.01. The summed E-state index contributed by atoms with van der Waals surface area (Å²) in [5.41, 5.74) is 6.71. The summed E-state index contributed by atoms with van der Waals surface area (Å²) in [6.07, 6.45) is 7.58. The zero-order chi connectivity index (χ0) is 14.8. The lowest BCUT2D eigenvalue weighted by molar-refractivity contribution is -0.138. The van der Waals surface area contributed by atoms with Gasteiger partial charge in [0.15, 0.2) is 0 Å². The van der Waals surface area contributed by atoms with Crippen molar-refractivity contribution in [1.29, 1.82) is 0 Å². The summed E-state index contributed by atoms with van der Waals surface area (Å²) < 4.78 is 0. The average Bonchev–Trinajstić information content (AvgIpc) is 3.01. The molecule has 3 nitrogen and oxygen atoms in total. The summed E-state index contributed by atoms with van der Waals surface area (Å²) in [4.78, 5) is 15.0. The fourth-order valence-electron chi connectivity index (χ4n) is 6.20. The number of nitrogens with two attached hydrogens (primary N) is 1. The highest BCUT2D eigenvalue weighted by Gasteiger charge is 2.53. The zero-order valence-corrected chi connectivity index (χ0v) is 13.6. The summed E-state index contributed by atoms with van der Waals surface area (Å²) in [6.45, 7) is 6.70. The van der Waals surface area contributed by atoms with Gasteiger partial charge in [-0.3, -0.25) is 4.79 Å². The Balaban J connectivity index is 1.53. The standard InChI is InChI=1S/C18H30N2O/c1-11-3-13-4-12(2)7-18(6-11,8-13)16(19)17(21)20-9-14-5-15(14)10-20/h11-16H,3-10,19H2,1-2H3. The van der Waals surface area contributed by atoms with Crippen LogP contribution < -0.4 is 5.73 Å².